The van der Waals surface area contributed by atoms with Crippen molar-refractivity contribution >= 4 is 15.7 Å². The molecule has 1 aliphatic rings. The number of carbonyl (C=O) groups excluding carboxylic acids is 1. The lowest BCUT2D eigenvalue weighted by Gasteiger charge is -2.31. The molecular formula is C21H19F6NO4S. The molecule has 0 saturated heterocycles. The first kappa shape index (κ1) is 24.9. The minimum atomic E-state index is -4.76. The van der Waals surface area contributed by atoms with Gasteiger partial charge in [0.05, 0.1) is 16.0 Å². The third-order valence-electron chi connectivity index (χ3n) is 5.24. The number of halogens is 6. The zero-order chi connectivity index (χ0) is 24.8. The fourth-order valence-electron chi connectivity index (χ4n) is 3.46. The molecule has 2 aromatic carbocycles. The van der Waals surface area contributed by atoms with Crippen LogP contribution in [0.5, 0.6) is 5.75 Å². The molecule has 0 aliphatic carbocycles. The molecule has 1 heterocycles. The number of fused-ring (bicyclic) bond motifs is 1. The van der Waals surface area contributed by atoms with Crippen LogP contribution in [-0.2, 0) is 29.0 Å². The minimum Gasteiger partial charge on any atom is -0.480 e. The van der Waals surface area contributed by atoms with E-state index < -0.39 is 57.6 Å². The first-order chi connectivity index (χ1) is 15.1. The van der Waals surface area contributed by atoms with Crippen molar-refractivity contribution in [1.29, 1.82) is 0 Å². The van der Waals surface area contributed by atoms with E-state index in [9.17, 15) is 39.6 Å². The summed E-state index contributed by atoms with van der Waals surface area (Å²) >= 11 is 0. The van der Waals surface area contributed by atoms with Crippen LogP contribution in [-0.4, -0.2) is 44.3 Å². The van der Waals surface area contributed by atoms with E-state index in [0.717, 1.165) is 35.4 Å². The van der Waals surface area contributed by atoms with Crippen molar-refractivity contribution in [2.75, 3.05) is 12.8 Å². The first-order valence-corrected chi connectivity index (χ1v) is 11.5. The molecule has 0 fully saturated rings. The summed E-state index contributed by atoms with van der Waals surface area (Å²) < 4.78 is 108. The summed E-state index contributed by atoms with van der Waals surface area (Å²) in [6, 6.07) is 6.47. The van der Waals surface area contributed by atoms with Crippen LogP contribution >= 0.6 is 0 Å². The highest BCUT2D eigenvalue weighted by molar-refractivity contribution is 7.90. The summed E-state index contributed by atoms with van der Waals surface area (Å²) in [5.74, 6) is -1.46. The Kier molecular flexibility index (Phi) is 6.44. The second kappa shape index (κ2) is 8.54. The van der Waals surface area contributed by atoms with Gasteiger partial charge >= 0.3 is 12.4 Å². The number of nitrogens with zero attached hydrogens (tertiary/aromatic N) is 1. The Morgan fingerprint density at radius 1 is 1.09 bits per heavy atom. The van der Waals surface area contributed by atoms with Crippen molar-refractivity contribution in [3.8, 4) is 5.75 Å². The maximum atomic E-state index is 13.4. The summed E-state index contributed by atoms with van der Waals surface area (Å²) in [5.41, 5.74) is -1.11. The van der Waals surface area contributed by atoms with Crippen molar-refractivity contribution in [3.05, 3.63) is 58.7 Å². The van der Waals surface area contributed by atoms with E-state index >= 15 is 0 Å². The predicted octanol–water partition coefficient (Wildman–Crippen LogP) is 4.64. The van der Waals surface area contributed by atoms with Crippen LogP contribution in [0, 0.1) is 0 Å². The summed E-state index contributed by atoms with van der Waals surface area (Å²) in [7, 11) is -3.84. The van der Waals surface area contributed by atoms with Gasteiger partial charge in [0.25, 0.3) is 5.91 Å². The second-order valence-electron chi connectivity index (χ2n) is 7.65. The Morgan fingerprint density at radius 3 is 2.33 bits per heavy atom. The van der Waals surface area contributed by atoms with E-state index in [2.05, 4.69) is 0 Å². The number of carbonyl (C=O) groups is 1. The average Bonchev–Trinajstić information content (AvgIpc) is 2.70. The van der Waals surface area contributed by atoms with Gasteiger partial charge in [-0.2, -0.15) is 26.3 Å². The topological polar surface area (TPSA) is 63.7 Å². The maximum absolute atomic E-state index is 13.4. The SMILES string of the molecule is CC(Oc1ccc(S(C)(=O)=O)cc1C(=O)N1CCc2cccc(C(F)(F)F)c2C1)C(F)(F)F. The zero-order valence-electron chi connectivity index (χ0n) is 17.4. The lowest BCUT2D eigenvalue weighted by Crippen LogP contribution is -2.38. The minimum absolute atomic E-state index is 0.00941. The van der Waals surface area contributed by atoms with Crippen molar-refractivity contribution in [2.45, 2.75) is 43.2 Å². The monoisotopic (exact) mass is 495 g/mol. The number of sulfone groups is 1. The number of benzene rings is 2. The van der Waals surface area contributed by atoms with Crippen LogP contribution in [0.1, 0.15) is 34.0 Å². The lowest BCUT2D eigenvalue weighted by atomic mass is 9.94. The highest BCUT2D eigenvalue weighted by atomic mass is 32.2. The van der Waals surface area contributed by atoms with Crippen LogP contribution in [0.25, 0.3) is 0 Å². The van der Waals surface area contributed by atoms with E-state index in [-0.39, 0.29) is 23.4 Å². The Bertz CT molecular complexity index is 1170. The number of alkyl halides is 6. The van der Waals surface area contributed by atoms with E-state index in [4.69, 9.17) is 4.74 Å². The molecule has 1 unspecified atom stereocenters. The fraction of sp³-hybridized carbons (Fsp3) is 0.381. The smallest absolute Gasteiger partial charge is 0.425 e. The van der Waals surface area contributed by atoms with E-state index in [1.54, 1.807) is 0 Å². The van der Waals surface area contributed by atoms with Crippen molar-refractivity contribution in [3.63, 3.8) is 0 Å². The molecule has 12 heteroatoms. The molecule has 0 aromatic heterocycles. The van der Waals surface area contributed by atoms with Gasteiger partial charge in [-0.3, -0.25) is 4.79 Å². The van der Waals surface area contributed by atoms with Gasteiger partial charge in [-0.05, 0) is 48.7 Å². The summed E-state index contributed by atoms with van der Waals surface area (Å²) in [4.78, 5) is 13.9. The molecule has 0 N–H and O–H groups in total. The highest BCUT2D eigenvalue weighted by Crippen LogP contribution is 2.37. The lowest BCUT2D eigenvalue weighted by molar-refractivity contribution is -0.189. The van der Waals surface area contributed by atoms with Gasteiger partial charge < -0.3 is 9.64 Å². The summed E-state index contributed by atoms with van der Waals surface area (Å²) in [6.07, 6.45) is -10.8. The number of ether oxygens (including phenoxy) is 1. The third-order valence-corrected chi connectivity index (χ3v) is 6.35. The maximum Gasteiger partial charge on any atom is 0.425 e. The fourth-order valence-corrected chi connectivity index (χ4v) is 4.10. The molecule has 3 rings (SSSR count). The van der Waals surface area contributed by atoms with Gasteiger partial charge in [0, 0.05) is 19.3 Å². The number of amides is 1. The van der Waals surface area contributed by atoms with Gasteiger partial charge in [0.2, 0.25) is 0 Å². The van der Waals surface area contributed by atoms with Crippen molar-refractivity contribution in [2.24, 2.45) is 0 Å². The van der Waals surface area contributed by atoms with Gasteiger partial charge in [-0.15, -0.1) is 0 Å². The molecule has 1 atom stereocenters. The van der Waals surface area contributed by atoms with Crippen molar-refractivity contribution < 1.29 is 44.3 Å². The number of hydrogen-bond donors (Lipinski definition) is 0. The number of rotatable bonds is 4. The van der Waals surface area contributed by atoms with Gasteiger partial charge in [0.1, 0.15) is 5.75 Å². The summed E-state index contributed by atoms with van der Waals surface area (Å²) in [5, 5.41) is 0. The van der Waals surface area contributed by atoms with Gasteiger partial charge in [-0.25, -0.2) is 8.42 Å². The van der Waals surface area contributed by atoms with Crippen LogP contribution in [0.3, 0.4) is 0 Å². The van der Waals surface area contributed by atoms with E-state index in [0.29, 0.717) is 12.5 Å². The Balaban J connectivity index is 2.03. The molecule has 1 aliphatic heterocycles. The van der Waals surface area contributed by atoms with E-state index in [1.807, 2.05) is 0 Å². The molecular weight excluding hydrogens is 476 g/mol. The Labute approximate surface area is 185 Å². The first-order valence-electron chi connectivity index (χ1n) is 9.63. The Morgan fingerprint density at radius 2 is 1.76 bits per heavy atom. The predicted molar refractivity (Wildman–Crippen MR) is 106 cm³/mol. The largest absolute Gasteiger partial charge is 0.480 e. The number of hydrogen-bond acceptors (Lipinski definition) is 4. The molecule has 5 nitrogen and oxygen atoms in total. The highest BCUT2D eigenvalue weighted by Gasteiger charge is 2.40. The normalized spacial score (nSPS) is 15.7. The quantitative estimate of drug-likeness (QED) is 0.580. The Hall–Kier alpha value is -2.76. The van der Waals surface area contributed by atoms with Gasteiger partial charge in [0.15, 0.2) is 15.9 Å². The van der Waals surface area contributed by atoms with Crippen LogP contribution in [0.4, 0.5) is 26.3 Å². The molecule has 0 spiro atoms. The molecule has 0 radical (unpaired) electrons. The van der Waals surface area contributed by atoms with E-state index in [1.165, 1.54) is 12.1 Å². The van der Waals surface area contributed by atoms with Crippen LogP contribution in [0.2, 0.25) is 0 Å². The molecule has 1 amide bonds. The average molecular weight is 495 g/mol. The zero-order valence-corrected chi connectivity index (χ0v) is 18.2. The van der Waals surface area contributed by atoms with Crippen LogP contribution < -0.4 is 4.74 Å². The van der Waals surface area contributed by atoms with Gasteiger partial charge in [-0.1, -0.05) is 12.1 Å². The molecule has 2 aromatic rings. The standard InChI is InChI=1S/C21H19F6NO4S/c1-12(20(22,23)24)32-18-7-6-14(33(2,30)31)10-15(18)19(29)28-9-8-13-4-3-5-17(16(13)11-28)21(25,26)27/h3-7,10,12H,8-9,11H2,1-2H3. The van der Waals surface area contributed by atoms with Crippen molar-refractivity contribution in [1.82, 2.24) is 4.90 Å². The second-order valence-corrected chi connectivity index (χ2v) is 9.67. The third kappa shape index (κ3) is 5.43. The molecule has 180 valence electrons. The van der Waals surface area contributed by atoms with Crippen LogP contribution in [0.15, 0.2) is 41.3 Å². The summed E-state index contributed by atoms with van der Waals surface area (Å²) in [6.45, 7) is 0.261. The molecule has 33 heavy (non-hydrogen) atoms. The molecule has 0 saturated carbocycles. The molecule has 0 bridgehead atoms.